The molecule has 4 aromatic rings. The van der Waals surface area contributed by atoms with Crippen LogP contribution in [0, 0.1) is 23.0 Å². The molecule has 2 N–H and O–H groups in total. The van der Waals surface area contributed by atoms with Crippen molar-refractivity contribution in [3.05, 3.63) is 78.5 Å². The molecule has 1 aliphatic heterocycles. The van der Waals surface area contributed by atoms with Crippen LogP contribution in [-0.2, 0) is 14.4 Å². The molecule has 2 aliphatic rings. The Kier molecular flexibility index (Phi) is 8.93. The number of amides is 3. The minimum atomic E-state index is -1.29. The summed E-state index contributed by atoms with van der Waals surface area (Å²) in [4.78, 5) is 43.8. The molecule has 0 bridgehead atoms. The zero-order valence-electron chi connectivity index (χ0n) is 26.0. The molecular weight excluding hydrogens is 610 g/mol. The van der Waals surface area contributed by atoms with Gasteiger partial charge in [0, 0.05) is 55.1 Å². The SMILES string of the molecule is COc1cc2c(Oc3ccc(NC(=O)C4(C(=O)Nc5ccc(F)cc5)CC4)cc3F)ccnc2cc1OCC1CCN(C(C)=O)CC1. The first kappa shape index (κ1) is 31.7. The van der Waals surface area contributed by atoms with Crippen molar-refractivity contribution < 1.29 is 37.4 Å². The van der Waals surface area contributed by atoms with E-state index in [1.807, 2.05) is 4.90 Å². The standard InChI is InChI=1S/C35H34F2N4O6/c1-21(42)41-15-10-22(11-16-41)20-46-32-19-28-26(18-31(32)45-2)29(9-14-38-28)47-30-8-7-25(17-27(30)37)40-34(44)35(12-13-35)33(43)39-24-5-3-23(36)4-6-24/h3-9,14,17-19,22H,10-13,15-16,20H2,1-2H3,(H,39,43)(H,40,44). The summed E-state index contributed by atoms with van der Waals surface area (Å²) in [6, 6.07) is 14.3. The molecule has 1 saturated carbocycles. The van der Waals surface area contributed by atoms with Crippen LogP contribution in [-0.4, -0.2) is 54.4 Å². The third kappa shape index (κ3) is 6.96. The number of nitrogens with one attached hydrogen (secondary N) is 2. The van der Waals surface area contributed by atoms with E-state index in [2.05, 4.69) is 15.6 Å². The Morgan fingerprint density at radius 2 is 1.55 bits per heavy atom. The van der Waals surface area contributed by atoms with E-state index in [0.717, 1.165) is 18.9 Å². The van der Waals surface area contributed by atoms with Crippen molar-refractivity contribution in [2.24, 2.45) is 11.3 Å². The van der Waals surface area contributed by atoms with Gasteiger partial charge in [0.2, 0.25) is 17.7 Å². The monoisotopic (exact) mass is 644 g/mol. The Bertz CT molecular complexity index is 1820. The third-order valence-corrected chi connectivity index (χ3v) is 8.65. The molecular formula is C35H34F2N4O6. The Labute approximate surface area is 270 Å². The van der Waals surface area contributed by atoms with Crippen molar-refractivity contribution in [3.63, 3.8) is 0 Å². The number of nitrogens with zero attached hydrogens (tertiary/aromatic N) is 2. The number of likely N-dealkylation sites (tertiary alicyclic amines) is 1. The van der Waals surface area contributed by atoms with Crippen LogP contribution in [0.4, 0.5) is 20.2 Å². The van der Waals surface area contributed by atoms with E-state index in [9.17, 15) is 18.8 Å². The topological polar surface area (TPSA) is 119 Å². The molecule has 3 aromatic carbocycles. The van der Waals surface area contributed by atoms with Gasteiger partial charge in [-0.25, -0.2) is 8.78 Å². The lowest BCUT2D eigenvalue weighted by Gasteiger charge is -2.31. The highest BCUT2D eigenvalue weighted by molar-refractivity contribution is 6.16. The Morgan fingerprint density at radius 1 is 0.872 bits per heavy atom. The van der Waals surface area contributed by atoms with Gasteiger partial charge < -0.3 is 29.7 Å². The largest absolute Gasteiger partial charge is 0.493 e. The maximum absolute atomic E-state index is 15.3. The van der Waals surface area contributed by atoms with Crippen LogP contribution < -0.4 is 24.8 Å². The van der Waals surface area contributed by atoms with E-state index < -0.39 is 28.9 Å². The van der Waals surface area contributed by atoms with E-state index in [1.54, 1.807) is 31.3 Å². The van der Waals surface area contributed by atoms with E-state index >= 15 is 4.39 Å². The average Bonchev–Trinajstić information content (AvgIpc) is 3.88. The molecule has 1 aliphatic carbocycles. The van der Waals surface area contributed by atoms with Crippen LogP contribution >= 0.6 is 0 Å². The van der Waals surface area contributed by atoms with Gasteiger partial charge in [0.15, 0.2) is 23.1 Å². The second-order valence-corrected chi connectivity index (χ2v) is 11.8. The Balaban J connectivity index is 1.12. The molecule has 10 nitrogen and oxygen atoms in total. The predicted molar refractivity (Wildman–Crippen MR) is 171 cm³/mol. The molecule has 0 radical (unpaired) electrons. The van der Waals surface area contributed by atoms with Gasteiger partial charge in [-0.2, -0.15) is 0 Å². The number of hydrogen-bond acceptors (Lipinski definition) is 7. The highest BCUT2D eigenvalue weighted by Gasteiger charge is 2.56. The summed E-state index contributed by atoms with van der Waals surface area (Å²) >= 11 is 0. The van der Waals surface area contributed by atoms with Crippen molar-refractivity contribution in [1.29, 1.82) is 0 Å². The number of aromatic nitrogens is 1. The number of hydrogen-bond donors (Lipinski definition) is 2. The van der Waals surface area contributed by atoms with Crippen molar-refractivity contribution in [1.82, 2.24) is 9.88 Å². The molecule has 0 atom stereocenters. The maximum atomic E-state index is 15.3. The second kappa shape index (κ2) is 13.2. The second-order valence-electron chi connectivity index (χ2n) is 11.8. The fourth-order valence-electron chi connectivity index (χ4n) is 5.61. The molecule has 1 aromatic heterocycles. The van der Waals surface area contributed by atoms with Gasteiger partial charge >= 0.3 is 0 Å². The molecule has 47 heavy (non-hydrogen) atoms. The summed E-state index contributed by atoms with van der Waals surface area (Å²) in [7, 11) is 1.53. The number of methoxy groups -OCH3 is 1. The number of rotatable bonds is 10. The molecule has 6 rings (SSSR count). The summed E-state index contributed by atoms with van der Waals surface area (Å²) in [6.07, 6.45) is 3.92. The predicted octanol–water partition coefficient (Wildman–Crippen LogP) is 6.31. The zero-order valence-corrected chi connectivity index (χ0v) is 26.0. The van der Waals surface area contributed by atoms with Crippen molar-refractivity contribution in [2.75, 3.05) is 37.4 Å². The molecule has 0 spiro atoms. The number of anilines is 2. The molecule has 244 valence electrons. The first-order valence-electron chi connectivity index (χ1n) is 15.4. The van der Waals surface area contributed by atoms with Gasteiger partial charge in [0.1, 0.15) is 17.0 Å². The average molecular weight is 645 g/mol. The van der Waals surface area contributed by atoms with Crippen LogP contribution in [0.3, 0.4) is 0 Å². The molecule has 0 unspecified atom stereocenters. The summed E-state index contributed by atoms with van der Waals surface area (Å²) in [5.41, 5.74) is -0.195. The lowest BCUT2D eigenvalue weighted by Crippen LogP contribution is -2.38. The fraction of sp³-hybridized carbons (Fsp3) is 0.314. The van der Waals surface area contributed by atoms with Crippen LogP contribution in [0.15, 0.2) is 66.9 Å². The van der Waals surface area contributed by atoms with E-state index in [-0.39, 0.29) is 17.3 Å². The minimum Gasteiger partial charge on any atom is -0.493 e. The van der Waals surface area contributed by atoms with Gasteiger partial charge in [-0.05, 0) is 80.1 Å². The van der Waals surface area contributed by atoms with Crippen LogP contribution in [0.25, 0.3) is 10.9 Å². The zero-order chi connectivity index (χ0) is 33.1. The van der Waals surface area contributed by atoms with Crippen LogP contribution in [0.5, 0.6) is 23.0 Å². The lowest BCUT2D eigenvalue weighted by atomic mass is 9.98. The molecule has 2 fully saturated rings. The van der Waals surface area contributed by atoms with Gasteiger partial charge in [-0.1, -0.05) is 0 Å². The van der Waals surface area contributed by atoms with Gasteiger partial charge in [0.25, 0.3) is 0 Å². The number of benzene rings is 3. The van der Waals surface area contributed by atoms with Crippen LogP contribution in [0.1, 0.15) is 32.6 Å². The smallest absolute Gasteiger partial charge is 0.240 e. The maximum Gasteiger partial charge on any atom is 0.240 e. The number of halogens is 2. The Morgan fingerprint density at radius 3 is 2.19 bits per heavy atom. The number of carbonyl (C=O) groups is 3. The fourth-order valence-corrected chi connectivity index (χ4v) is 5.61. The van der Waals surface area contributed by atoms with Crippen molar-refractivity contribution >= 4 is 40.0 Å². The first-order chi connectivity index (χ1) is 22.6. The summed E-state index contributed by atoms with van der Waals surface area (Å²) in [5.74, 6) is -0.611. The number of piperidine rings is 1. The molecule has 1 saturated heterocycles. The van der Waals surface area contributed by atoms with Crippen molar-refractivity contribution in [3.8, 4) is 23.0 Å². The first-order valence-corrected chi connectivity index (χ1v) is 15.4. The van der Waals surface area contributed by atoms with Gasteiger partial charge in [-0.3, -0.25) is 19.4 Å². The number of fused-ring (bicyclic) bond motifs is 1. The highest BCUT2D eigenvalue weighted by Crippen LogP contribution is 2.48. The minimum absolute atomic E-state index is 0.0816. The third-order valence-electron chi connectivity index (χ3n) is 8.65. The van der Waals surface area contributed by atoms with Crippen LogP contribution in [0.2, 0.25) is 0 Å². The molecule has 3 amide bonds. The number of pyridine rings is 1. The van der Waals surface area contributed by atoms with E-state index in [1.165, 1.54) is 43.5 Å². The quantitative estimate of drug-likeness (QED) is 0.194. The highest BCUT2D eigenvalue weighted by atomic mass is 19.1. The number of ether oxygens (including phenoxy) is 3. The Hall–Kier alpha value is -5.26. The lowest BCUT2D eigenvalue weighted by molar-refractivity contribution is -0.131. The number of carbonyl (C=O) groups excluding carboxylic acids is 3. The molecule has 2 heterocycles. The summed E-state index contributed by atoms with van der Waals surface area (Å²) in [6.45, 7) is 3.47. The van der Waals surface area contributed by atoms with Gasteiger partial charge in [0.05, 0.1) is 19.2 Å². The normalized spacial score (nSPS) is 15.5. The van der Waals surface area contributed by atoms with E-state index in [0.29, 0.717) is 72.3 Å². The summed E-state index contributed by atoms with van der Waals surface area (Å²) in [5, 5.41) is 5.85. The van der Waals surface area contributed by atoms with Gasteiger partial charge in [-0.15, -0.1) is 0 Å². The van der Waals surface area contributed by atoms with E-state index in [4.69, 9.17) is 14.2 Å². The summed E-state index contributed by atoms with van der Waals surface area (Å²) < 4.78 is 46.1. The van der Waals surface area contributed by atoms with Crippen molar-refractivity contribution in [2.45, 2.75) is 32.6 Å². The molecule has 12 heteroatoms.